The Kier molecular flexibility index (Phi) is 2.75. The number of H-pyrrole nitrogens is 1. The SMILES string of the molecule is NC1CCN(c2n[nH]c3c2Cc2cc(Cl)ccc2-3)CC1. The van der Waals surface area contributed by atoms with Gasteiger partial charge in [-0.15, -0.1) is 0 Å². The lowest BCUT2D eigenvalue weighted by molar-refractivity contribution is 0.498. The first-order valence-corrected chi connectivity index (χ1v) is 7.47. The molecule has 1 aromatic carbocycles. The third kappa shape index (κ3) is 1.83. The molecule has 1 aromatic heterocycles. The van der Waals surface area contributed by atoms with Crippen LogP contribution in [0.15, 0.2) is 18.2 Å². The zero-order chi connectivity index (χ0) is 13.7. The zero-order valence-corrected chi connectivity index (χ0v) is 12.0. The van der Waals surface area contributed by atoms with Crippen LogP contribution in [0.5, 0.6) is 0 Å². The molecule has 4 nitrogen and oxygen atoms in total. The summed E-state index contributed by atoms with van der Waals surface area (Å²) in [4.78, 5) is 2.35. The van der Waals surface area contributed by atoms with E-state index in [1.54, 1.807) is 0 Å². The molecule has 0 amide bonds. The molecule has 2 heterocycles. The number of hydrogen-bond acceptors (Lipinski definition) is 3. The van der Waals surface area contributed by atoms with E-state index in [9.17, 15) is 0 Å². The molecule has 0 saturated carbocycles. The van der Waals surface area contributed by atoms with E-state index >= 15 is 0 Å². The molecule has 1 aliphatic heterocycles. The van der Waals surface area contributed by atoms with E-state index in [4.69, 9.17) is 17.3 Å². The Morgan fingerprint density at radius 1 is 1.30 bits per heavy atom. The van der Waals surface area contributed by atoms with Crippen molar-refractivity contribution < 1.29 is 0 Å². The van der Waals surface area contributed by atoms with Crippen LogP contribution in [0.4, 0.5) is 5.82 Å². The summed E-state index contributed by atoms with van der Waals surface area (Å²) in [7, 11) is 0. The smallest absolute Gasteiger partial charge is 0.154 e. The molecule has 104 valence electrons. The number of benzene rings is 1. The largest absolute Gasteiger partial charge is 0.355 e. The van der Waals surface area contributed by atoms with Gasteiger partial charge >= 0.3 is 0 Å². The molecular formula is C15H17ClN4. The predicted molar refractivity (Wildman–Crippen MR) is 81.3 cm³/mol. The van der Waals surface area contributed by atoms with Gasteiger partial charge < -0.3 is 10.6 Å². The molecule has 1 fully saturated rings. The second-order valence-electron chi connectivity index (χ2n) is 5.70. The molecule has 0 unspecified atom stereocenters. The molecule has 2 aliphatic rings. The fraction of sp³-hybridized carbons (Fsp3) is 0.400. The maximum atomic E-state index is 6.09. The molecule has 0 atom stereocenters. The van der Waals surface area contributed by atoms with Crippen molar-refractivity contribution >= 4 is 17.4 Å². The first-order valence-electron chi connectivity index (χ1n) is 7.09. The van der Waals surface area contributed by atoms with E-state index in [0.717, 1.165) is 48.9 Å². The molecule has 5 heteroatoms. The van der Waals surface area contributed by atoms with Crippen molar-refractivity contribution in [2.75, 3.05) is 18.0 Å². The van der Waals surface area contributed by atoms with Crippen molar-refractivity contribution in [2.45, 2.75) is 25.3 Å². The van der Waals surface area contributed by atoms with Gasteiger partial charge in [0.05, 0.1) is 5.69 Å². The molecule has 1 aliphatic carbocycles. The molecular weight excluding hydrogens is 272 g/mol. The summed E-state index contributed by atoms with van der Waals surface area (Å²) in [6.45, 7) is 1.99. The first kappa shape index (κ1) is 12.2. The lowest BCUT2D eigenvalue weighted by atomic mass is 10.1. The molecule has 2 aromatic rings. The van der Waals surface area contributed by atoms with Gasteiger partial charge in [0.2, 0.25) is 0 Å². The van der Waals surface area contributed by atoms with Crippen molar-refractivity contribution in [2.24, 2.45) is 5.73 Å². The van der Waals surface area contributed by atoms with Crippen LogP contribution in [0.25, 0.3) is 11.3 Å². The Morgan fingerprint density at radius 2 is 2.10 bits per heavy atom. The third-order valence-corrected chi connectivity index (χ3v) is 4.62. The summed E-state index contributed by atoms with van der Waals surface area (Å²) < 4.78 is 0. The molecule has 0 bridgehead atoms. The van der Waals surface area contributed by atoms with Crippen molar-refractivity contribution in [3.05, 3.63) is 34.3 Å². The van der Waals surface area contributed by atoms with Crippen molar-refractivity contribution in [3.63, 3.8) is 0 Å². The van der Waals surface area contributed by atoms with Crippen LogP contribution in [-0.4, -0.2) is 29.3 Å². The van der Waals surface area contributed by atoms with Crippen LogP contribution in [0, 0.1) is 0 Å². The van der Waals surface area contributed by atoms with Gasteiger partial charge in [-0.1, -0.05) is 17.7 Å². The topological polar surface area (TPSA) is 57.9 Å². The number of aromatic amines is 1. The van der Waals surface area contributed by atoms with Crippen LogP contribution in [0.1, 0.15) is 24.0 Å². The lowest BCUT2D eigenvalue weighted by Gasteiger charge is -2.30. The number of nitrogens with two attached hydrogens (primary N) is 1. The highest BCUT2D eigenvalue weighted by Crippen LogP contribution is 2.41. The quantitative estimate of drug-likeness (QED) is 0.723. The fourth-order valence-electron chi connectivity index (χ4n) is 3.26. The predicted octanol–water partition coefficient (Wildman–Crippen LogP) is 2.56. The molecule has 1 saturated heterocycles. The van der Waals surface area contributed by atoms with E-state index in [2.05, 4.69) is 27.2 Å². The number of piperidine rings is 1. The van der Waals surface area contributed by atoms with E-state index in [0.29, 0.717) is 6.04 Å². The number of nitrogens with zero attached hydrogens (tertiary/aromatic N) is 2. The monoisotopic (exact) mass is 288 g/mol. The van der Waals surface area contributed by atoms with Crippen LogP contribution >= 0.6 is 11.6 Å². The number of anilines is 1. The van der Waals surface area contributed by atoms with Gasteiger partial charge in [-0.25, -0.2) is 0 Å². The van der Waals surface area contributed by atoms with Gasteiger partial charge in [-0.05, 0) is 30.5 Å². The minimum absolute atomic E-state index is 0.342. The first-order chi connectivity index (χ1) is 9.72. The summed E-state index contributed by atoms with van der Waals surface area (Å²) in [5, 5.41) is 8.54. The number of aromatic nitrogens is 2. The summed E-state index contributed by atoms with van der Waals surface area (Å²) in [6.07, 6.45) is 3.00. The Hall–Kier alpha value is -1.52. The van der Waals surface area contributed by atoms with Crippen LogP contribution in [0.3, 0.4) is 0 Å². The summed E-state index contributed by atoms with van der Waals surface area (Å²) in [6, 6.07) is 6.42. The minimum Gasteiger partial charge on any atom is -0.355 e. The van der Waals surface area contributed by atoms with Crippen LogP contribution < -0.4 is 10.6 Å². The highest BCUT2D eigenvalue weighted by molar-refractivity contribution is 6.30. The standard InChI is InChI=1S/C15H17ClN4/c16-10-1-2-12-9(7-10)8-13-14(12)18-19-15(13)20-5-3-11(17)4-6-20/h1-2,7,11H,3-6,8,17H2,(H,18,19). The number of halogens is 1. The average molecular weight is 289 g/mol. The van der Waals surface area contributed by atoms with Gasteiger partial charge in [0.1, 0.15) is 0 Å². The van der Waals surface area contributed by atoms with Gasteiger partial charge in [0.15, 0.2) is 5.82 Å². The number of hydrogen-bond donors (Lipinski definition) is 2. The van der Waals surface area contributed by atoms with Gasteiger partial charge in [0, 0.05) is 41.7 Å². The van der Waals surface area contributed by atoms with Crippen molar-refractivity contribution in [1.82, 2.24) is 10.2 Å². The maximum Gasteiger partial charge on any atom is 0.154 e. The highest BCUT2D eigenvalue weighted by Gasteiger charge is 2.28. The fourth-order valence-corrected chi connectivity index (χ4v) is 3.46. The number of fused-ring (bicyclic) bond motifs is 3. The summed E-state index contributed by atoms with van der Waals surface area (Å²) >= 11 is 6.09. The normalized spacial score (nSPS) is 18.2. The van der Waals surface area contributed by atoms with Crippen LogP contribution in [0.2, 0.25) is 5.02 Å². The third-order valence-electron chi connectivity index (χ3n) is 4.39. The van der Waals surface area contributed by atoms with E-state index in [-0.39, 0.29) is 0 Å². The highest BCUT2D eigenvalue weighted by atomic mass is 35.5. The average Bonchev–Trinajstić information content (AvgIpc) is 2.98. The summed E-state index contributed by atoms with van der Waals surface area (Å²) in [5.74, 6) is 1.10. The second kappa shape index (κ2) is 4.50. The molecule has 0 radical (unpaired) electrons. The Bertz CT molecular complexity index is 656. The van der Waals surface area contributed by atoms with Gasteiger partial charge in [-0.2, -0.15) is 5.10 Å². The van der Waals surface area contributed by atoms with Crippen LogP contribution in [-0.2, 0) is 6.42 Å². The minimum atomic E-state index is 0.342. The molecule has 4 rings (SSSR count). The number of rotatable bonds is 1. The lowest BCUT2D eigenvalue weighted by Crippen LogP contribution is -2.40. The molecule has 0 spiro atoms. The number of nitrogens with one attached hydrogen (secondary N) is 1. The molecule has 20 heavy (non-hydrogen) atoms. The van der Waals surface area contributed by atoms with Gasteiger partial charge in [0.25, 0.3) is 0 Å². The van der Waals surface area contributed by atoms with Crippen molar-refractivity contribution in [1.29, 1.82) is 0 Å². The maximum absolute atomic E-state index is 6.09. The second-order valence-corrected chi connectivity index (χ2v) is 6.14. The van der Waals surface area contributed by atoms with Crippen molar-refractivity contribution in [3.8, 4) is 11.3 Å². The zero-order valence-electron chi connectivity index (χ0n) is 11.2. The Balaban J connectivity index is 1.69. The Labute approximate surface area is 122 Å². The van der Waals surface area contributed by atoms with E-state index in [1.807, 2.05) is 6.07 Å². The van der Waals surface area contributed by atoms with E-state index in [1.165, 1.54) is 16.7 Å². The summed E-state index contributed by atoms with van der Waals surface area (Å²) in [5.41, 5.74) is 11.0. The van der Waals surface area contributed by atoms with Gasteiger partial charge in [-0.3, -0.25) is 5.10 Å². The molecule has 3 N–H and O–H groups in total. The van der Waals surface area contributed by atoms with E-state index < -0.39 is 0 Å². The Morgan fingerprint density at radius 3 is 2.90 bits per heavy atom.